The van der Waals surface area contributed by atoms with E-state index in [0.717, 1.165) is 22.4 Å². The Hall–Kier alpha value is -3.68. The summed E-state index contributed by atoms with van der Waals surface area (Å²) in [6, 6.07) is 12.5. The Bertz CT molecular complexity index is 974. The van der Waals surface area contributed by atoms with Crippen molar-refractivity contribution in [2.75, 3.05) is 10.6 Å². The van der Waals surface area contributed by atoms with Crippen molar-refractivity contribution >= 4 is 35.1 Å². The van der Waals surface area contributed by atoms with Crippen LogP contribution in [0.2, 0.25) is 0 Å². The van der Waals surface area contributed by atoms with Crippen LogP contribution in [0.5, 0.6) is 0 Å². The van der Waals surface area contributed by atoms with Gasteiger partial charge >= 0.3 is 0 Å². The van der Waals surface area contributed by atoms with Gasteiger partial charge in [-0.2, -0.15) is 4.99 Å². The van der Waals surface area contributed by atoms with E-state index in [4.69, 9.17) is 5.73 Å². The summed E-state index contributed by atoms with van der Waals surface area (Å²) in [5.74, 6) is -0.512. The first-order valence-electron chi connectivity index (χ1n) is 9.23. The van der Waals surface area contributed by atoms with E-state index in [1.54, 1.807) is 0 Å². The first kappa shape index (κ1) is 20.1. The lowest BCUT2D eigenvalue weighted by Crippen LogP contribution is -2.32. The maximum Gasteiger partial charge on any atom is 0.252 e. The van der Waals surface area contributed by atoms with E-state index in [9.17, 15) is 9.59 Å². The number of carbonyl (C=O) groups excluding carboxylic acids is 2. The zero-order valence-electron chi connectivity index (χ0n) is 16.6. The zero-order valence-corrected chi connectivity index (χ0v) is 16.6. The topological polar surface area (TPSA) is 121 Å². The molecule has 0 aliphatic carbocycles. The number of aryl methyl sites for hydroxylation is 3. The molecule has 29 heavy (non-hydrogen) atoms. The number of hydrogen-bond acceptors (Lipinski definition) is 4. The van der Waals surface area contributed by atoms with Gasteiger partial charge in [0.1, 0.15) is 6.04 Å². The molecule has 150 valence electrons. The van der Waals surface area contributed by atoms with Gasteiger partial charge in [-0.05, 0) is 56.2 Å². The summed E-state index contributed by atoms with van der Waals surface area (Å²) in [6.07, 6.45) is -0.0802. The second-order valence-electron chi connectivity index (χ2n) is 7.07. The van der Waals surface area contributed by atoms with Crippen LogP contribution in [0.25, 0.3) is 0 Å². The molecule has 0 aromatic heterocycles. The maximum atomic E-state index is 12.3. The van der Waals surface area contributed by atoms with Crippen LogP contribution < -0.4 is 21.7 Å². The average Bonchev–Trinajstić information content (AvgIpc) is 2.94. The summed E-state index contributed by atoms with van der Waals surface area (Å²) in [6.45, 7) is 5.90. The van der Waals surface area contributed by atoms with Crippen LogP contribution in [0.4, 0.5) is 11.4 Å². The fourth-order valence-electron chi connectivity index (χ4n) is 2.99. The summed E-state index contributed by atoms with van der Waals surface area (Å²) in [5.41, 5.74) is 10.6. The van der Waals surface area contributed by atoms with Crippen molar-refractivity contribution in [3.63, 3.8) is 0 Å². The number of nitrogens with zero attached hydrogens (tertiary/aromatic N) is 2. The van der Waals surface area contributed by atoms with Crippen LogP contribution in [0.1, 0.15) is 23.1 Å². The molecule has 0 fully saturated rings. The second-order valence-corrected chi connectivity index (χ2v) is 7.07. The predicted octanol–water partition coefficient (Wildman–Crippen LogP) is 2.22. The molecule has 1 atom stereocenters. The van der Waals surface area contributed by atoms with Crippen LogP contribution in [-0.4, -0.2) is 29.8 Å². The molecular weight excluding hydrogens is 368 g/mol. The number of guanidine groups is 2. The molecular formula is C21H24N6O2. The molecule has 8 heteroatoms. The van der Waals surface area contributed by atoms with Gasteiger partial charge in [-0.1, -0.05) is 23.8 Å². The fourth-order valence-corrected chi connectivity index (χ4v) is 2.99. The van der Waals surface area contributed by atoms with Gasteiger partial charge in [0.15, 0.2) is 0 Å². The summed E-state index contributed by atoms with van der Waals surface area (Å²) in [4.78, 5) is 32.7. The van der Waals surface area contributed by atoms with Gasteiger partial charge in [0.25, 0.3) is 5.91 Å². The monoisotopic (exact) mass is 392 g/mol. The molecule has 3 rings (SSSR count). The number of nitrogens with one attached hydrogen (secondary N) is 3. The third-order valence-corrected chi connectivity index (χ3v) is 4.25. The Morgan fingerprint density at radius 2 is 1.69 bits per heavy atom. The van der Waals surface area contributed by atoms with Crippen LogP contribution in [0.15, 0.2) is 52.4 Å². The van der Waals surface area contributed by atoms with Crippen LogP contribution in [0.3, 0.4) is 0 Å². The molecule has 0 spiro atoms. The number of rotatable bonds is 4. The van der Waals surface area contributed by atoms with E-state index in [-0.39, 0.29) is 30.2 Å². The van der Waals surface area contributed by atoms with Gasteiger partial charge in [-0.15, -0.1) is 0 Å². The molecule has 2 aromatic carbocycles. The Kier molecular flexibility index (Phi) is 5.92. The second kappa shape index (κ2) is 8.55. The van der Waals surface area contributed by atoms with E-state index < -0.39 is 6.04 Å². The lowest BCUT2D eigenvalue weighted by atomic mass is 10.1. The van der Waals surface area contributed by atoms with Crippen molar-refractivity contribution < 1.29 is 9.59 Å². The van der Waals surface area contributed by atoms with Crippen LogP contribution in [0, 0.1) is 20.8 Å². The molecule has 2 aromatic rings. The molecule has 8 nitrogen and oxygen atoms in total. The van der Waals surface area contributed by atoms with Gasteiger partial charge in [-0.3, -0.25) is 14.9 Å². The number of carbonyl (C=O) groups is 2. The van der Waals surface area contributed by atoms with E-state index in [1.165, 1.54) is 0 Å². The van der Waals surface area contributed by atoms with Crippen molar-refractivity contribution in [1.29, 1.82) is 0 Å². The van der Waals surface area contributed by atoms with Gasteiger partial charge in [0.05, 0.1) is 6.42 Å². The molecule has 1 aliphatic rings. The summed E-state index contributed by atoms with van der Waals surface area (Å²) in [5, 5.41) is 8.27. The van der Waals surface area contributed by atoms with Crippen LogP contribution in [-0.2, 0) is 9.59 Å². The third kappa shape index (κ3) is 5.65. The maximum absolute atomic E-state index is 12.3. The molecule has 1 aliphatic heterocycles. The average molecular weight is 392 g/mol. The van der Waals surface area contributed by atoms with E-state index in [1.807, 2.05) is 63.2 Å². The van der Waals surface area contributed by atoms with Gasteiger partial charge in [0, 0.05) is 11.4 Å². The van der Waals surface area contributed by atoms with E-state index in [0.29, 0.717) is 5.69 Å². The minimum Gasteiger partial charge on any atom is -0.369 e. The number of aliphatic imine (C=N–C) groups is 2. The Balaban J connectivity index is 1.61. The van der Waals surface area contributed by atoms with Crippen molar-refractivity contribution in [1.82, 2.24) is 5.32 Å². The van der Waals surface area contributed by atoms with Crippen molar-refractivity contribution in [3.05, 3.63) is 59.2 Å². The molecule has 0 radical (unpaired) electrons. The number of benzene rings is 2. The largest absolute Gasteiger partial charge is 0.369 e. The van der Waals surface area contributed by atoms with Gasteiger partial charge in [-0.25, -0.2) is 4.99 Å². The SMILES string of the molecule is Cc1ccc(NC(N)=NC2=N[C@@H](CC(=O)Nc3cc(C)cc(C)c3)C(=O)N2)cc1. The number of anilines is 2. The molecule has 5 N–H and O–H groups in total. The fraction of sp³-hybridized carbons (Fsp3) is 0.238. The highest BCUT2D eigenvalue weighted by molar-refractivity contribution is 6.11. The standard InChI is InChI=1S/C21H24N6O2/c1-12-4-6-15(7-5-12)24-20(22)27-21-25-17(19(29)26-21)11-18(28)23-16-9-13(2)8-14(3)10-16/h4-10,17H,11H2,1-3H3,(H,23,28)(H4,22,24,25,26,27,29)/t17-/m0/s1. The summed E-state index contributed by atoms with van der Waals surface area (Å²) >= 11 is 0. The Labute approximate surface area is 169 Å². The van der Waals surface area contributed by atoms with Crippen molar-refractivity contribution in [2.45, 2.75) is 33.2 Å². The molecule has 0 saturated heterocycles. The zero-order chi connectivity index (χ0) is 21.0. The smallest absolute Gasteiger partial charge is 0.252 e. The number of nitrogens with two attached hydrogens (primary N) is 1. The lowest BCUT2D eigenvalue weighted by Gasteiger charge is -2.08. The van der Waals surface area contributed by atoms with Crippen molar-refractivity contribution in [2.24, 2.45) is 15.7 Å². The van der Waals surface area contributed by atoms with Crippen LogP contribution >= 0.6 is 0 Å². The quantitative estimate of drug-likeness (QED) is 0.471. The summed E-state index contributed by atoms with van der Waals surface area (Å²) < 4.78 is 0. The first-order chi connectivity index (χ1) is 13.8. The number of hydrogen-bond donors (Lipinski definition) is 4. The Morgan fingerprint density at radius 3 is 2.34 bits per heavy atom. The number of amides is 2. The predicted molar refractivity (Wildman–Crippen MR) is 115 cm³/mol. The van der Waals surface area contributed by atoms with Crippen molar-refractivity contribution in [3.8, 4) is 0 Å². The minimum absolute atomic E-state index is 0.0799. The molecule has 0 saturated carbocycles. The minimum atomic E-state index is -0.841. The highest BCUT2D eigenvalue weighted by Crippen LogP contribution is 2.15. The van der Waals surface area contributed by atoms with Gasteiger partial charge in [0.2, 0.25) is 17.8 Å². The highest BCUT2D eigenvalue weighted by Gasteiger charge is 2.28. The molecule has 2 amide bonds. The normalized spacial score (nSPS) is 16.2. The summed E-state index contributed by atoms with van der Waals surface area (Å²) in [7, 11) is 0. The molecule has 0 bridgehead atoms. The highest BCUT2D eigenvalue weighted by atomic mass is 16.2. The Morgan fingerprint density at radius 1 is 1.03 bits per heavy atom. The molecule has 1 heterocycles. The van der Waals surface area contributed by atoms with Gasteiger partial charge < -0.3 is 16.4 Å². The molecule has 0 unspecified atom stereocenters. The first-order valence-corrected chi connectivity index (χ1v) is 9.23. The van der Waals surface area contributed by atoms with E-state index >= 15 is 0 Å². The lowest BCUT2D eigenvalue weighted by molar-refractivity contribution is -0.123. The third-order valence-electron chi connectivity index (χ3n) is 4.25. The van der Waals surface area contributed by atoms with E-state index in [2.05, 4.69) is 25.9 Å².